The molecule has 1 N–H and O–H groups in total. The van der Waals surface area contributed by atoms with Crippen LogP contribution in [0.25, 0.3) is 0 Å². The maximum Gasteiger partial charge on any atom is 0.226 e. The Morgan fingerprint density at radius 3 is 2.73 bits per heavy atom. The van der Waals surface area contributed by atoms with Gasteiger partial charge in [-0.3, -0.25) is 4.79 Å². The van der Waals surface area contributed by atoms with Gasteiger partial charge in [-0.25, -0.2) is 4.98 Å². The first-order valence-electron chi connectivity index (χ1n) is 8.90. The molecule has 0 bridgehead atoms. The minimum atomic E-state index is 0.0829. The molecule has 1 amide bonds. The molecular formula is C19H22Cl2N2OS2. The number of thiazole rings is 1. The van der Waals surface area contributed by atoms with Gasteiger partial charge in [0.05, 0.1) is 12.1 Å². The zero-order valence-corrected chi connectivity index (χ0v) is 17.6. The quantitative estimate of drug-likeness (QED) is 0.444. The SMILES string of the molecule is O=C(Cc1csc(SCc2ccc(Cl)cc2Cl)n1)NC1CCCCCC1. The Labute approximate surface area is 172 Å². The first-order chi connectivity index (χ1) is 12.6. The number of carbonyl (C=O) groups excluding carboxylic acids is 1. The number of halogens is 2. The maximum atomic E-state index is 12.3. The smallest absolute Gasteiger partial charge is 0.226 e. The van der Waals surface area contributed by atoms with Gasteiger partial charge < -0.3 is 5.32 Å². The molecule has 7 heteroatoms. The summed E-state index contributed by atoms with van der Waals surface area (Å²) in [6, 6.07) is 5.87. The van der Waals surface area contributed by atoms with Crippen LogP contribution in [0.3, 0.4) is 0 Å². The average Bonchev–Trinajstić information content (AvgIpc) is 2.88. The van der Waals surface area contributed by atoms with Gasteiger partial charge in [-0.15, -0.1) is 11.3 Å². The summed E-state index contributed by atoms with van der Waals surface area (Å²) < 4.78 is 0.952. The number of benzene rings is 1. The van der Waals surface area contributed by atoms with Crippen LogP contribution in [-0.2, 0) is 17.0 Å². The fraction of sp³-hybridized carbons (Fsp3) is 0.474. The topological polar surface area (TPSA) is 42.0 Å². The van der Waals surface area contributed by atoms with Crippen molar-refractivity contribution in [3.05, 3.63) is 44.9 Å². The summed E-state index contributed by atoms with van der Waals surface area (Å²) in [7, 11) is 0. The summed E-state index contributed by atoms with van der Waals surface area (Å²) in [5.74, 6) is 0.816. The molecule has 2 aromatic rings. The first kappa shape index (κ1) is 20.0. The number of rotatable bonds is 6. The molecule has 1 fully saturated rings. The molecule has 0 spiro atoms. The molecule has 1 aliphatic rings. The van der Waals surface area contributed by atoms with Crippen LogP contribution in [0.4, 0.5) is 0 Å². The molecule has 1 aromatic carbocycles. The number of nitrogens with one attached hydrogen (secondary N) is 1. The lowest BCUT2D eigenvalue weighted by Gasteiger charge is -2.15. The van der Waals surface area contributed by atoms with E-state index >= 15 is 0 Å². The second kappa shape index (κ2) is 9.98. The Morgan fingerprint density at radius 1 is 1.23 bits per heavy atom. The normalized spacial score (nSPS) is 15.6. The van der Waals surface area contributed by atoms with Crippen molar-refractivity contribution >= 4 is 52.2 Å². The van der Waals surface area contributed by atoms with Gasteiger partial charge in [0.1, 0.15) is 4.34 Å². The van der Waals surface area contributed by atoms with Crippen LogP contribution in [0.1, 0.15) is 49.8 Å². The van der Waals surface area contributed by atoms with Crippen LogP contribution in [0.5, 0.6) is 0 Å². The summed E-state index contributed by atoms with van der Waals surface area (Å²) in [5, 5.41) is 6.46. The molecule has 1 saturated carbocycles. The average molecular weight is 429 g/mol. The Morgan fingerprint density at radius 2 is 2.00 bits per heavy atom. The predicted octanol–water partition coefficient (Wildman–Crippen LogP) is 6.12. The summed E-state index contributed by atoms with van der Waals surface area (Å²) in [6.45, 7) is 0. The first-order valence-corrected chi connectivity index (χ1v) is 11.5. The van der Waals surface area contributed by atoms with Crippen molar-refractivity contribution in [3.8, 4) is 0 Å². The second-order valence-corrected chi connectivity index (χ2v) is 9.49. The Kier molecular flexibility index (Phi) is 7.67. The molecule has 3 rings (SSSR count). The van der Waals surface area contributed by atoms with Gasteiger partial charge in [0.2, 0.25) is 5.91 Å². The van der Waals surface area contributed by atoms with Gasteiger partial charge in [-0.2, -0.15) is 0 Å². The zero-order valence-electron chi connectivity index (χ0n) is 14.5. The molecular weight excluding hydrogens is 407 g/mol. The van der Waals surface area contributed by atoms with Crippen molar-refractivity contribution in [2.75, 3.05) is 0 Å². The molecule has 0 saturated heterocycles. The molecule has 0 radical (unpaired) electrons. The summed E-state index contributed by atoms with van der Waals surface area (Å²) in [4.78, 5) is 16.9. The van der Waals surface area contributed by atoms with Crippen molar-refractivity contribution in [2.24, 2.45) is 0 Å². The third-order valence-corrected chi connectivity index (χ3v) is 7.16. The molecule has 0 atom stereocenters. The van der Waals surface area contributed by atoms with E-state index in [1.165, 1.54) is 25.7 Å². The van der Waals surface area contributed by atoms with Gasteiger partial charge >= 0.3 is 0 Å². The van der Waals surface area contributed by atoms with Crippen molar-refractivity contribution in [1.29, 1.82) is 0 Å². The fourth-order valence-corrected chi connectivity index (χ4v) is 5.48. The number of nitrogens with zero attached hydrogens (tertiary/aromatic N) is 1. The van der Waals surface area contributed by atoms with E-state index in [2.05, 4.69) is 10.3 Å². The molecule has 1 heterocycles. The fourth-order valence-electron chi connectivity index (χ4n) is 3.08. The molecule has 0 unspecified atom stereocenters. The minimum absolute atomic E-state index is 0.0829. The number of hydrogen-bond donors (Lipinski definition) is 1. The van der Waals surface area contributed by atoms with E-state index in [9.17, 15) is 4.79 Å². The van der Waals surface area contributed by atoms with E-state index < -0.39 is 0 Å². The third kappa shape index (κ3) is 6.15. The molecule has 1 aliphatic carbocycles. The number of aromatic nitrogens is 1. The number of carbonyl (C=O) groups is 1. The number of hydrogen-bond acceptors (Lipinski definition) is 4. The van der Waals surface area contributed by atoms with Crippen LogP contribution in [0.2, 0.25) is 10.0 Å². The van der Waals surface area contributed by atoms with Crippen molar-refractivity contribution < 1.29 is 4.79 Å². The highest BCUT2D eigenvalue weighted by Gasteiger charge is 2.16. The lowest BCUT2D eigenvalue weighted by atomic mass is 10.1. The van der Waals surface area contributed by atoms with Gasteiger partial charge in [-0.05, 0) is 30.5 Å². The lowest BCUT2D eigenvalue weighted by Crippen LogP contribution is -2.35. The number of amides is 1. The van der Waals surface area contributed by atoms with E-state index in [4.69, 9.17) is 23.2 Å². The monoisotopic (exact) mass is 428 g/mol. The predicted molar refractivity (Wildman–Crippen MR) is 111 cm³/mol. The van der Waals surface area contributed by atoms with Crippen molar-refractivity contribution in [3.63, 3.8) is 0 Å². The lowest BCUT2D eigenvalue weighted by molar-refractivity contribution is -0.121. The van der Waals surface area contributed by atoms with Gasteiger partial charge in [0.15, 0.2) is 0 Å². The van der Waals surface area contributed by atoms with Crippen LogP contribution >= 0.6 is 46.3 Å². The zero-order chi connectivity index (χ0) is 18.4. The van der Waals surface area contributed by atoms with E-state index in [0.717, 1.165) is 34.2 Å². The third-order valence-electron chi connectivity index (χ3n) is 4.46. The Balaban J connectivity index is 1.48. The number of thioether (sulfide) groups is 1. The van der Waals surface area contributed by atoms with Gasteiger partial charge in [-0.1, -0.05) is 66.7 Å². The molecule has 3 nitrogen and oxygen atoms in total. The standard InChI is InChI=1S/C19H22Cl2N2OS2/c20-14-8-7-13(17(21)9-14)11-25-19-23-16(12-26-19)10-18(24)22-15-5-3-1-2-4-6-15/h7-9,12,15H,1-6,10-11H2,(H,22,24). The minimum Gasteiger partial charge on any atom is -0.353 e. The van der Waals surface area contributed by atoms with Crippen molar-refractivity contribution in [2.45, 2.75) is 61.1 Å². The summed E-state index contributed by atoms with van der Waals surface area (Å²) in [5.41, 5.74) is 1.87. The summed E-state index contributed by atoms with van der Waals surface area (Å²) >= 11 is 15.3. The van der Waals surface area contributed by atoms with E-state index in [1.807, 2.05) is 17.5 Å². The van der Waals surface area contributed by atoms with Crippen LogP contribution in [0.15, 0.2) is 27.9 Å². The van der Waals surface area contributed by atoms with Gasteiger partial charge in [0, 0.05) is 27.2 Å². The highest BCUT2D eigenvalue weighted by molar-refractivity contribution is 8.00. The Hall–Kier alpha value is -0.750. The second-order valence-electron chi connectivity index (χ2n) is 6.56. The highest BCUT2D eigenvalue weighted by atomic mass is 35.5. The highest BCUT2D eigenvalue weighted by Crippen LogP contribution is 2.30. The van der Waals surface area contributed by atoms with Crippen LogP contribution < -0.4 is 5.32 Å². The molecule has 0 aliphatic heterocycles. The van der Waals surface area contributed by atoms with Crippen LogP contribution in [0, 0.1) is 0 Å². The largest absolute Gasteiger partial charge is 0.353 e. The molecule has 1 aromatic heterocycles. The molecule has 140 valence electrons. The van der Waals surface area contributed by atoms with E-state index in [0.29, 0.717) is 22.5 Å². The van der Waals surface area contributed by atoms with E-state index in [1.54, 1.807) is 29.2 Å². The Bertz CT molecular complexity index is 743. The summed E-state index contributed by atoms with van der Waals surface area (Å²) in [6.07, 6.45) is 7.57. The van der Waals surface area contributed by atoms with Gasteiger partial charge in [0.25, 0.3) is 0 Å². The molecule has 26 heavy (non-hydrogen) atoms. The maximum absolute atomic E-state index is 12.3. The van der Waals surface area contributed by atoms with Crippen molar-refractivity contribution in [1.82, 2.24) is 10.3 Å². The van der Waals surface area contributed by atoms with Crippen LogP contribution in [-0.4, -0.2) is 16.9 Å². The van der Waals surface area contributed by atoms with E-state index in [-0.39, 0.29) is 5.91 Å².